The lowest BCUT2D eigenvalue weighted by Crippen LogP contribution is -2.39. The van der Waals surface area contributed by atoms with E-state index in [1.807, 2.05) is 20.8 Å². The van der Waals surface area contributed by atoms with Gasteiger partial charge >= 0.3 is 6.09 Å². The molecule has 0 saturated heterocycles. The zero-order chi connectivity index (χ0) is 10.8. The highest BCUT2D eigenvalue weighted by molar-refractivity contribution is 7.81. The highest BCUT2D eigenvalue weighted by Gasteiger charge is 2.26. The van der Waals surface area contributed by atoms with Gasteiger partial charge in [-0.25, -0.2) is 4.79 Å². The summed E-state index contributed by atoms with van der Waals surface area (Å²) in [4.78, 5) is 11.2. The fraction of sp³-hybridized carbons (Fsp3) is 0.900. The number of ether oxygens (including phenoxy) is 1. The van der Waals surface area contributed by atoms with E-state index in [1.54, 1.807) is 0 Å². The van der Waals surface area contributed by atoms with Crippen LogP contribution in [0.5, 0.6) is 0 Å². The minimum Gasteiger partial charge on any atom is -0.444 e. The molecule has 0 aromatic carbocycles. The second-order valence-electron chi connectivity index (χ2n) is 4.87. The molecule has 0 radical (unpaired) electrons. The van der Waals surface area contributed by atoms with Gasteiger partial charge in [-0.05, 0) is 39.5 Å². The molecular weight excluding hydrogens is 198 g/mol. The van der Waals surface area contributed by atoms with Gasteiger partial charge in [-0.3, -0.25) is 0 Å². The van der Waals surface area contributed by atoms with E-state index in [4.69, 9.17) is 4.74 Å². The van der Waals surface area contributed by atoms with Crippen molar-refractivity contribution in [3.63, 3.8) is 0 Å². The second kappa shape index (κ2) is 4.43. The van der Waals surface area contributed by atoms with Crippen LogP contribution in [-0.4, -0.2) is 23.5 Å². The summed E-state index contributed by atoms with van der Waals surface area (Å²) in [6.45, 7) is 6.30. The predicted molar refractivity (Wildman–Crippen MR) is 59.7 cm³/mol. The van der Waals surface area contributed by atoms with Crippen molar-refractivity contribution >= 4 is 18.7 Å². The van der Waals surface area contributed by atoms with E-state index in [-0.39, 0.29) is 6.09 Å². The zero-order valence-corrected chi connectivity index (χ0v) is 9.93. The number of thiol groups is 1. The van der Waals surface area contributed by atoms with Crippen LogP contribution in [0.25, 0.3) is 0 Å². The van der Waals surface area contributed by atoms with Crippen LogP contribution in [0, 0.1) is 5.92 Å². The summed E-state index contributed by atoms with van der Waals surface area (Å²) in [5.41, 5.74) is -0.407. The van der Waals surface area contributed by atoms with Gasteiger partial charge in [0.15, 0.2) is 0 Å². The highest BCUT2D eigenvalue weighted by atomic mass is 32.1. The van der Waals surface area contributed by atoms with Gasteiger partial charge < -0.3 is 10.1 Å². The first-order valence-corrected chi connectivity index (χ1v) is 5.53. The first-order valence-electron chi connectivity index (χ1n) is 5.02. The monoisotopic (exact) mass is 217 g/mol. The second-order valence-corrected chi connectivity index (χ2v) is 5.60. The van der Waals surface area contributed by atoms with Crippen LogP contribution in [0.3, 0.4) is 0 Å². The molecule has 1 N–H and O–H groups in total. The highest BCUT2D eigenvalue weighted by Crippen LogP contribution is 2.30. The van der Waals surface area contributed by atoms with Crippen molar-refractivity contribution in [1.29, 1.82) is 0 Å². The van der Waals surface area contributed by atoms with E-state index in [2.05, 4.69) is 17.9 Å². The molecule has 82 valence electrons. The van der Waals surface area contributed by atoms with Gasteiger partial charge in [0.25, 0.3) is 0 Å². The molecular formula is C10H19NO2S. The van der Waals surface area contributed by atoms with Crippen LogP contribution in [0.1, 0.15) is 33.6 Å². The van der Waals surface area contributed by atoms with Gasteiger partial charge in [-0.15, -0.1) is 0 Å². The van der Waals surface area contributed by atoms with Gasteiger partial charge in [0.1, 0.15) is 5.60 Å². The summed E-state index contributed by atoms with van der Waals surface area (Å²) in [5.74, 6) is 0.588. The van der Waals surface area contributed by atoms with Crippen molar-refractivity contribution in [2.24, 2.45) is 5.92 Å². The third-order valence-electron chi connectivity index (χ3n) is 2.14. The molecule has 0 unspecified atom stereocenters. The van der Waals surface area contributed by atoms with Crippen molar-refractivity contribution in [2.45, 2.75) is 44.5 Å². The number of hydrogen-bond donors (Lipinski definition) is 2. The smallest absolute Gasteiger partial charge is 0.407 e. The summed E-state index contributed by atoms with van der Waals surface area (Å²) in [5, 5.41) is 3.29. The Hall–Kier alpha value is -0.380. The summed E-state index contributed by atoms with van der Waals surface area (Å²) >= 11 is 4.31. The normalized spacial score (nSPS) is 26.6. The van der Waals surface area contributed by atoms with Crippen LogP contribution < -0.4 is 5.32 Å². The maximum absolute atomic E-state index is 11.2. The zero-order valence-electron chi connectivity index (χ0n) is 9.04. The topological polar surface area (TPSA) is 38.3 Å². The molecule has 0 aromatic heterocycles. The Kier molecular flexibility index (Phi) is 3.70. The molecule has 1 saturated carbocycles. The van der Waals surface area contributed by atoms with Crippen molar-refractivity contribution in [3.05, 3.63) is 0 Å². The standard InChI is InChI=1S/C10H19NO2S/c1-10(2,3)13-9(12)11-6-7-4-8(14)5-7/h7-8,14H,4-6H2,1-3H3,(H,11,12). The van der Waals surface area contributed by atoms with Gasteiger partial charge in [0.2, 0.25) is 0 Å². The molecule has 14 heavy (non-hydrogen) atoms. The van der Waals surface area contributed by atoms with Crippen molar-refractivity contribution < 1.29 is 9.53 Å². The van der Waals surface area contributed by atoms with E-state index < -0.39 is 5.60 Å². The molecule has 0 atom stereocenters. The number of nitrogens with one attached hydrogen (secondary N) is 1. The van der Waals surface area contributed by atoms with E-state index in [9.17, 15) is 4.79 Å². The number of alkyl carbamates (subject to hydrolysis) is 1. The molecule has 0 heterocycles. The fourth-order valence-electron chi connectivity index (χ4n) is 1.41. The Morgan fingerprint density at radius 3 is 2.50 bits per heavy atom. The number of carbonyl (C=O) groups is 1. The summed E-state index contributed by atoms with van der Waals surface area (Å²) in [7, 11) is 0. The molecule has 4 heteroatoms. The molecule has 3 nitrogen and oxygen atoms in total. The molecule has 1 aliphatic carbocycles. The minimum atomic E-state index is -0.407. The quantitative estimate of drug-likeness (QED) is 0.696. The first-order chi connectivity index (χ1) is 6.37. The minimum absolute atomic E-state index is 0.319. The Labute approximate surface area is 91.0 Å². The predicted octanol–water partition coefficient (Wildman–Crippen LogP) is 2.22. The third-order valence-corrected chi connectivity index (χ3v) is 2.57. The fourth-order valence-corrected chi connectivity index (χ4v) is 2.01. The van der Waals surface area contributed by atoms with Gasteiger partial charge in [0.05, 0.1) is 0 Å². The lowest BCUT2D eigenvalue weighted by molar-refractivity contribution is 0.0511. The average molecular weight is 217 g/mol. The van der Waals surface area contributed by atoms with Crippen LogP contribution in [0.4, 0.5) is 4.79 Å². The van der Waals surface area contributed by atoms with Crippen LogP contribution >= 0.6 is 12.6 Å². The first kappa shape index (κ1) is 11.7. The largest absolute Gasteiger partial charge is 0.444 e. The van der Waals surface area contributed by atoms with Gasteiger partial charge in [0, 0.05) is 11.8 Å². The number of hydrogen-bond acceptors (Lipinski definition) is 3. The maximum Gasteiger partial charge on any atom is 0.407 e. The molecule has 0 spiro atoms. The van der Waals surface area contributed by atoms with E-state index in [0.29, 0.717) is 17.7 Å². The van der Waals surface area contributed by atoms with E-state index >= 15 is 0 Å². The maximum atomic E-state index is 11.2. The molecule has 0 aliphatic heterocycles. The molecule has 1 fully saturated rings. The third kappa shape index (κ3) is 4.22. The Morgan fingerprint density at radius 2 is 2.07 bits per heavy atom. The summed E-state index contributed by atoms with van der Waals surface area (Å²) in [6, 6.07) is 0. The molecule has 0 bridgehead atoms. The molecule has 1 rings (SSSR count). The van der Waals surface area contributed by atoms with Crippen LogP contribution in [0.15, 0.2) is 0 Å². The van der Waals surface area contributed by atoms with E-state index in [0.717, 1.165) is 12.8 Å². The van der Waals surface area contributed by atoms with Gasteiger partial charge in [-0.2, -0.15) is 12.6 Å². The SMILES string of the molecule is CC(C)(C)OC(=O)NCC1CC(S)C1. The lowest BCUT2D eigenvalue weighted by Gasteiger charge is -2.32. The molecule has 0 aromatic rings. The van der Waals surface area contributed by atoms with Crippen LogP contribution in [0.2, 0.25) is 0 Å². The van der Waals surface area contributed by atoms with Gasteiger partial charge in [-0.1, -0.05) is 0 Å². The Morgan fingerprint density at radius 1 is 1.50 bits per heavy atom. The van der Waals surface area contributed by atoms with Crippen molar-refractivity contribution in [3.8, 4) is 0 Å². The lowest BCUT2D eigenvalue weighted by atomic mass is 9.85. The number of carbonyl (C=O) groups excluding carboxylic acids is 1. The summed E-state index contributed by atoms with van der Waals surface area (Å²) < 4.78 is 5.11. The van der Waals surface area contributed by atoms with Crippen molar-refractivity contribution in [1.82, 2.24) is 5.32 Å². The molecule has 1 aliphatic rings. The average Bonchev–Trinajstić information content (AvgIpc) is 1.92. The summed E-state index contributed by atoms with van der Waals surface area (Å²) in [6.07, 6.45) is 1.87. The van der Waals surface area contributed by atoms with Crippen molar-refractivity contribution in [2.75, 3.05) is 6.54 Å². The molecule has 1 amide bonds. The van der Waals surface area contributed by atoms with Crippen LogP contribution in [-0.2, 0) is 4.74 Å². The number of amides is 1. The Balaban J connectivity index is 2.10. The Bertz CT molecular complexity index is 207. The van der Waals surface area contributed by atoms with E-state index in [1.165, 1.54) is 0 Å². The number of rotatable bonds is 2.